The van der Waals surface area contributed by atoms with Crippen LogP contribution in [0.2, 0.25) is 0 Å². The number of hydrogen-bond acceptors (Lipinski definition) is 7. The molecule has 1 N–H and O–H groups in total. The van der Waals surface area contributed by atoms with Crippen molar-refractivity contribution >= 4 is 17.8 Å². The van der Waals surface area contributed by atoms with Crippen LogP contribution in [0.4, 0.5) is 10.1 Å². The van der Waals surface area contributed by atoms with Gasteiger partial charge < -0.3 is 9.47 Å². The van der Waals surface area contributed by atoms with Gasteiger partial charge >= 0.3 is 5.69 Å². The highest BCUT2D eigenvalue weighted by Crippen LogP contribution is 2.29. The fourth-order valence-electron chi connectivity index (χ4n) is 2.63. The van der Waals surface area contributed by atoms with Crippen LogP contribution in [0.15, 0.2) is 60.0 Å². The number of carbonyl (C=O) groups is 1. The summed E-state index contributed by atoms with van der Waals surface area (Å²) in [5.41, 5.74) is 3.59. The van der Waals surface area contributed by atoms with Gasteiger partial charge in [0, 0.05) is 0 Å². The Morgan fingerprint density at radius 3 is 2.72 bits per heavy atom. The molecule has 0 atom stereocenters. The van der Waals surface area contributed by atoms with Crippen molar-refractivity contribution < 1.29 is 23.6 Å². The molecule has 1 aromatic heterocycles. The number of aromatic nitrogens is 2. The molecule has 3 rings (SSSR count). The van der Waals surface area contributed by atoms with Gasteiger partial charge in [-0.2, -0.15) is 10.2 Å². The molecule has 0 bridgehead atoms. The molecule has 0 aliphatic heterocycles. The van der Waals surface area contributed by atoms with Gasteiger partial charge in [-0.25, -0.2) is 9.82 Å². The number of benzene rings is 2. The Bertz CT molecular complexity index is 1110. The molecule has 0 saturated heterocycles. The molecule has 166 valence electrons. The predicted octanol–water partition coefficient (Wildman–Crippen LogP) is 3.06. The molecule has 3 aromatic rings. The lowest BCUT2D eigenvalue weighted by molar-refractivity contribution is -0.385. The number of hydrazone groups is 1. The third-order valence-corrected chi connectivity index (χ3v) is 4.11. The van der Waals surface area contributed by atoms with Gasteiger partial charge in [0.1, 0.15) is 31.4 Å². The van der Waals surface area contributed by atoms with Gasteiger partial charge in [-0.1, -0.05) is 12.1 Å². The first-order valence-corrected chi connectivity index (χ1v) is 9.57. The first-order valence-electron chi connectivity index (χ1n) is 9.57. The number of halogens is 1. The van der Waals surface area contributed by atoms with E-state index in [9.17, 15) is 19.3 Å². The Kier molecular flexibility index (Phi) is 7.46. The number of nitrogens with zero attached hydrogens (tertiary/aromatic N) is 4. The molecule has 1 heterocycles. The van der Waals surface area contributed by atoms with Gasteiger partial charge in [0.2, 0.25) is 0 Å². The molecule has 0 unspecified atom stereocenters. The van der Waals surface area contributed by atoms with Crippen LogP contribution >= 0.6 is 0 Å². The fourth-order valence-corrected chi connectivity index (χ4v) is 2.63. The monoisotopic (exact) mass is 441 g/mol. The number of ether oxygens (including phenoxy) is 2. The van der Waals surface area contributed by atoms with Gasteiger partial charge in [-0.05, 0) is 48.4 Å². The molecule has 0 aliphatic carbocycles. The van der Waals surface area contributed by atoms with E-state index in [0.717, 1.165) is 22.6 Å². The largest absolute Gasteiger partial charge is 0.490 e. The van der Waals surface area contributed by atoms with E-state index >= 15 is 0 Å². The lowest BCUT2D eigenvalue weighted by atomic mass is 10.2. The molecular weight excluding hydrogens is 421 g/mol. The van der Waals surface area contributed by atoms with E-state index in [2.05, 4.69) is 15.6 Å². The Morgan fingerprint density at radius 1 is 1.25 bits per heavy atom. The van der Waals surface area contributed by atoms with Crippen molar-refractivity contribution in [2.75, 3.05) is 6.61 Å². The van der Waals surface area contributed by atoms with Crippen molar-refractivity contribution in [3.8, 4) is 11.5 Å². The Hall–Kier alpha value is -4.28. The van der Waals surface area contributed by atoms with E-state index < -0.39 is 10.8 Å². The van der Waals surface area contributed by atoms with Gasteiger partial charge in [-0.3, -0.25) is 19.6 Å². The van der Waals surface area contributed by atoms with Crippen LogP contribution in [0.5, 0.6) is 11.5 Å². The molecule has 2 aromatic carbocycles. The van der Waals surface area contributed by atoms with E-state index in [4.69, 9.17) is 9.47 Å². The summed E-state index contributed by atoms with van der Waals surface area (Å²) in [6.45, 7) is 2.28. The summed E-state index contributed by atoms with van der Waals surface area (Å²) in [6.07, 6.45) is 3.64. The third kappa shape index (κ3) is 6.36. The number of nitrogens with one attached hydrogen (secondary N) is 1. The highest BCUT2D eigenvalue weighted by Gasteiger charge is 2.11. The second kappa shape index (κ2) is 10.7. The lowest BCUT2D eigenvalue weighted by Crippen LogP contribution is -2.23. The molecule has 0 spiro atoms. The first kappa shape index (κ1) is 22.4. The highest BCUT2D eigenvalue weighted by molar-refractivity contribution is 5.83. The topological polar surface area (TPSA) is 121 Å². The Balaban J connectivity index is 1.58. The molecule has 0 fully saturated rings. The third-order valence-electron chi connectivity index (χ3n) is 4.11. The van der Waals surface area contributed by atoms with Crippen LogP contribution in [0.25, 0.3) is 0 Å². The SMILES string of the molecule is CCOc1cc(/C=N/NC(=O)Cn2cc([N+](=O)[O-])cn2)ccc1OCc1ccc(F)cc1. The van der Waals surface area contributed by atoms with Crippen molar-refractivity contribution in [3.63, 3.8) is 0 Å². The molecular formula is C21H20FN5O5. The lowest BCUT2D eigenvalue weighted by Gasteiger charge is -2.12. The Morgan fingerprint density at radius 2 is 2.03 bits per heavy atom. The minimum Gasteiger partial charge on any atom is -0.490 e. The minimum absolute atomic E-state index is 0.202. The smallest absolute Gasteiger partial charge is 0.307 e. The summed E-state index contributed by atoms with van der Waals surface area (Å²) in [5.74, 6) is 0.195. The summed E-state index contributed by atoms with van der Waals surface area (Å²) in [6, 6.07) is 11.2. The van der Waals surface area contributed by atoms with Crippen molar-refractivity contribution in [3.05, 3.63) is 81.9 Å². The van der Waals surface area contributed by atoms with Crippen molar-refractivity contribution in [1.82, 2.24) is 15.2 Å². The van der Waals surface area contributed by atoms with Crippen LogP contribution in [0.1, 0.15) is 18.1 Å². The summed E-state index contributed by atoms with van der Waals surface area (Å²) >= 11 is 0. The standard InChI is InChI=1S/C21H20FN5O5/c1-2-31-20-9-16(5-8-19(20)32-14-15-3-6-17(22)7-4-15)10-23-25-21(28)13-26-12-18(11-24-26)27(29)30/h3-12H,2,13-14H2,1H3,(H,25,28)/b23-10+. The average Bonchev–Trinajstić information content (AvgIpc) is 3.23. The summed E-state index contributed by atoms with van der Waals surface area (Å²) in [7, 11) is 0. The number of carbonyl (C=O) groups excluding carboxylic acids is 1. The second-order valence-corrected chi connectivity index (χ2v) is 6.50. The van der Waals surface area contributed by atoms with E-state index in [1.165, 1.54) is 18.3 Å². The second-order valence-electron chi connectivity index (χ2n) is 6.50. The van der Waals surface area contributed by atoms with E-state index in [-0.39, 0.29) is 24.7 Å². The molecule has 0 saturated carbocycles. The van der Waals surface area contributed by atoms with Gasteiger partial charge in [-0.15, -0.1) is 0 Å². The van der Waals surface area contributed by atoms with Gasteiger partial charge in [0.25, 0.3) is 5.91 Å². The van der Waals surface area contributed by atoms with Crippen LogP contribution in [0.3, 0.4) is 0 Å². The molecule has 0 radical (unpaired) electrons. The van der Waals surface area contributed by atoms with Crippen LogP contribution in [-0.4, -0.2) is 33.4 Å². The van der Waals surface area contributed by atoms with Crippen LogP contribution < -0.4 is 14.9 Å². The zero-order valence-electron chi connectivity index (χ0n) is 17.1. The first-order chi connectivity index (χ1) is 15.4. The summed E-state index contributed by atoms with van der Waals surface area (Å²) in [4.78, 5) is 22.0. The quantitative estimate of drug-likeness (QED) is 0.293. The number of rotatable bonds is 10. The van der Waals surface area contributed by atoms with Crippen molar-refractivity contribution in [2.24, 2.45) is 5.10 Å². The molecule has 0 aliphatic rings. The molecule has 10 nitrogen and oxygen atoms in total. The van der Waals surface area contributed by atoms with Gasteiger partial charge in [0.05, 0.1) is 17.7 Å². The van der Waals surface area contributed by atoms with Crippen molar-refractivity contribution in [2.45, 2.75) is 20.1 Å². The maximum atomic E-state index is 13.0. The predicted molar refractivity (Wildman–Crippen MR) is 113 cm³/mol. The highest BCUT2D eigenvalue weighted by atomic mass is 19.1. The minimum atomic E-state index is -0.595. The number of amides is 1. The molecule has 11 heteroatoms. The van der Waals surface area contributed by atoms with Crippen LogP contribution in [0, 0.1) is 15.9 Å². The zero-order chi connectivity index (χ0) is 22.9. The Labute approximate surface area is 182 Å². The van der Waals surface area contributed by atoms with Crippen molar-refractivity contribution in [1.29, 1.82) is 0 Å². The fraction of sp³-hybridized carbons (Fsp3) is 0.190. The van der Waals surface area contributed by atoms with Gasteiger partial charge in [0.15, 0.2) is 11.5 Å². The maximum absolute atomic E-state index is 13.0. The summed E-state index contributed by atoms with van der Waals surface area (Å²) in [5, 5.41) is 18.3. The number of hydrogen-bond donors (Lipinski definition) is 1. The zero-order valence-corrected chi connectivity index (χ0v) is 17.1. The molecule has 1 amide bonds. The average molecular weight is 441 g/mol. The van der Waals surface area contributed by atoms with Crippen LogP contribution in [-0.2, 0) is 17.9 Å². The molecule has 32 heavy (non-hydrogen) atoms. The van der Waals surface area contributed by atoms with E-state index in [0.29, 0.717) is 23.7 Å². The maximum Gasteiger partial charge on any atom is 0.307 e. The van der Waals surface area contributed by atoms with E-state index in [1.54, 1.807) is 30.3 Å². The number of nitro groups is 1. The van der Waals surface area contributed by atoms with E-state index in [1.807, 2.05) is 6.92 Å². The normalized spacial score (nSPS) is 10.8. The summed E-state index contributed by atoms with van der Waals surface area (Å²) < 4.78 is 25.6.